The first kappa shape index (κ1) is 13.2. The Morgan fingerprint density at radius 1 is 1.59 bits per heavy atom. The molecule has 2 rings (SSSR count). The van der Waals surface area contributed by atoms with Crippen molar-refractivity contribution in [1.29, 1.82) is 0 Å². The van der Waals surface area contributed by atoms with Crippen molar-refractivity contribution < 1.29 is 0 Å². The van der Waals surface area contributed by atoms with E-state index in [9.17, 15) is 0 Å². The lowest BCUT2D eigenvalue weighted by Crippen LogP contribution is -2.44. The first-order valence-electron chi connectivity index (χ1n) is 6.09. The van der Waals surface area contributed by atoms with Crippen molar-refractivity contribution in [1.82, 2.24) is 4.98 Å². The van der Waals surface area contributed by atoms with Crippen molar-refractivity contribution in [2.24, 2.45) is 5.92 Å². The van der Waals surface area contributed by atoms with E-state index in [1.165, 1.54) is 12.8 Å². The van der Waals surface area contributed by atoms with E-state index >= 15 is 0 Å². The molecular formula is C13H18BrClN2. The molecule has 0 aliphatic heterocycles. The highest BCUT2D eigenvalue weighted by molar-refractivity contribution is 9.10. The van der Waals surface area contributed by atoms with Crippen LogP contribution in [0.1, 0.15) is 32.6 Å². The van der Waals surface area contributed by atoms with Crippen LogP contribution in [0.2, 0.25) is 0 Å². The molecule has 2 nitrogen and oxygen atoms in total. The zero-order valence-corrected chi connectivity index (χ0v) is 12.4. The van der Waals surface area contributed by atoms with Crippen LogP contribution >= 0.6 is 27.5 Å². The van der Waals surface area contributed by atoms with Crippen LogP contribution in [0.15, 0.2) is 22.8 Å². The fourth-order valence-corrected chi connectivity index (χ4v) is 3.19. The van der Waals surface area contributed by atoms with Gasteiger partial charge in [0.25, 0.3) is 0 Å². The van der Waals surface area contributed by atoms with Gasteiger partial charge in [0.2, 0.25) is 0 Å². The molecule has 0 bridgehead atoms. The van der Waals surface area contributed by atoms with E-state index in [1.807, 2.05) is 18.3 Å². The maximum absolute atomic E-state index is 6.18. The van der Waals surface area contributed by atoms with Gasteiger partial charge in [-0.3, -0.25) is 0 Å². The van der Waals surface area contributed by atoms with Gasteiger partial charge in [-0.15, -0.1) is 11.6 Å². The monoisotopic (exact) mass is 316 g/mol. The molecule has 0 radical (unpaired) electrons. The molecule has 17 heavy (non-hydrogen) atoms. The lowest BCUT2D eigenvalue weighted by Gasteiger charge is -2.39. The van der Waals surface area contributed by atoms with E-state index in [0.29, 0.717) is 5.88 Å². The van der Waals surface area contributed by atoms with E-state index in [2.05, 4.69) is 33.2 Å². The molecule has 1 aromatic rings. The SMILES string of the molecule is CC1CCCC(CCl)(Nc2ccc(Br)cn2)C1. The lowest BCUT2D eigenvalue weighted by molar-refractivity contribution is 0.279. The molecule has 2 unspecified atom stereocenters. The molecule has 1 N–H and O–H groups in total. The average molecular weight is 318 g/mol. The van der Waals surface area contributed by atoms with Crippen molar-refractivity contribution in [2.45, 2.75) is 38.1 Å². The molecule has 1 aliphatic rings. The Balaban J connectivity index is 2.10. The molecule has 1 fully saturated rings. The van der Waals surface area contributed by atoms with Crippen molar-refractivity contribution in [3.63, 3.8) is 0 Å². The third kappa shape index (κ3) is 3.35. The summed E-state index contributed by atoms with van der Waals surface area (Å²) in [4.78, 5) is 4.37. The van der Waals surface area contributed by atoms with E-state index in [-0.39, 0.29) is 5.54 Å². The second-order valence-electron chi connectivity index (χ2n) is 5.10. The maximum Gasteiger partial charge on any atom is 0.126 e. The highest BCUT2D eigenvalue weighted by Gasteiger charge is 2.34. The number of pyridine rings is 1. The molecule has 0 amide bonds. The zero-order chi connectivity index (χ0) is 12.3. The van der Waals surface area contributed by atoms with Crippen molar-refractivity contribution >= 4 is 33.3 Å². The van der Waals surface area contributed by atoms with Gasteiger partial charge in [-0.25, -0.2) is 4.98 Å². The Kier molecular flexibility index (Phi) is 4.31. The highest BCUT2D eigenvalue weighted by Crippen LogP contribution is 2.35. The van der Waals surface area contributed by atoms with Crippen LogP contribution in [0.25, 0.3) is 0 Å². The fraction of sp³-hybridized carbons (Fsp3) is 0.615. The van der Waals surface area contributed by atoms with E-state index in [4.69, 9.17) is 11.6 Å². The van der Waals surface area contributed by atoms with Crippen LogP contribution in [-0.2, 0) is 0 Å². The van der Waals surface area contributed by atoms with Crippen LogP contribution in [0.4, 0.5) is 5.82 Å². The minimum atomic E-state index is 0.0278. The van der Waals surface area contributed by atoms with Gasteiger partial charge in [-0.05, 0) is 46.8 Å². The minimum Gasteiger partial charge on any atom is -0.363 e. The normalized spacial score (nSPS) is 29.0. The molecule has 4 heteroatoms. The Labute approximate surface area is 116 Å². The van der Waals surface area contributed by atoms with Crippen molar-refractivity contribution in [3.05, 3.63) is 22.8 Å². The minimum absolute atomic E-state index is 0.0278. The Morgan fingerprint density at radius 3 is 3.00 bits per heavy atom. The van der Waals surface area contributed by atoms with Crippen LogP contribution in [0, 0.1) is 5.92 Å². The van der Waals surface area contributed by atoms with E-state index in [0.717, 1.165) is 29.1 Å². The second-order valence-corrected chi connectivity index (χ2v) is 6.29. The van der Waals surface area contributed by atoms with Gasteiger partial charge in [0.1, 0.15) is 5.82 Å². The van der Waals surface area contributed by atoms with E-state index in [1.54, 1.807) is 0 Å². The topological polar surface area (TPSA) is 24.9 Å². The maximum atomic E-state index is 6.18. The molecule has 1 heterocycles. The predicted molar refractivity (Wildman–Crippen MR) is 76.6 cm³/mol. The number of rotatable bonds is 3. The number of aromatic nitrogens is 1. The predicted octanol–water partition coefficient (Wildman–Crippen LogP) is 4.44. The average Bonchev–Trinajstić information content (AvgIpc) is 2.32. The summed E-state index contributed by atoms with van der Waals surface area (Å²) in [5.74, 6) is 2.31. The number of nitrogens with zero attached hydrogens (tertiary/aromatic N) is 1. The molecule has 0 saturated heterocycles. The summed E-state index contributed by atoms with van der Waals surface area (Å²) in [6.45, 7) is 2.30. The summed E-state index contributed by atoms with van der Waals surface area (Å²) < 4.78 is 1.000. The van der Waals surface area contributed by atoms with Gasteiger partial charge in [0.05, 0.1) is 5.54 Å². The molecule has 0 spiro atoms. The van der Waals surface area contributed by atoms with Gasteiger partial charge in [0.15, 0.2) is 0 Å². The molecule has 0 aromatic carbocycles. The number of hydrogen-bond donors (Lipinski definition) is 1. The molecular weight excluding hydrogens is 300 g/mol. The summed E-state index contributed by atoms with van der Waals surface area (Å²) in [5, 5.41) is 3.54. The smallest absolute Gasteiger partial charge is 0.126 e. The fourth-order valence-electron chi connectivity index (χ4n) is 2.65. The van der Waals surface area contributed by atoms with E-state index < -0.39 is 0 Å². The van der Waals surface area contributed by atoms with Gasteiger partial charge >= 0.3 is 0 Å². The third-order valence-electron chi connectivity index (χ3n) is 3.47. The first-order chi connectivity index (χ1) is 8.13. The number of nitrogens with one attached hydrogen (secondary N) is 1. The van der Waals surface area contributed by atoms with Crippen molar-refractivity contribution in [3.8, 4) is 0 Å². The molecule has 94 valence electrons. The highest BCUT2D eigenvalue weighted by atomic mass is 79.9. The lowest BCUT2D eigenvalue weighted by atomic mass is 9.77. The Morgan fingerprint density at radius 2 is 2.41 bits per heavy atom. The Bertz CT molecular complexity index is 368. The molecule has 2 atom stereocenters. The molecule has 1 aromatic heterocycles. The summed E-state index contributed by atoms with van der Waals surface area (Å²) in [5.41, 5.74) is 0.0278. The molecule has 1 aliphatic carbocycles. The first-order valence-corrected chi connectivity index (χ1v) is 7.42. The van der Waals surface area contributed by atoms with Gasteiger partial charge in [-0.2, -0.15) is 0 Å². The number of alkyl halides is 1. The van der Waals surface area contributed by atoms with Crippen molar-refractivity contribution in [2.75, 3.05) is 11.2 Å². The summed E-state index contributed by atoms with van der Waals surface area (Å²) >= 11 is 9.58. The summed E-state index contributed by atoms with van der Waals surface area (Å²) in [6, 6.07) is 4.00. The van der Waals surface area contributed by atoms with Crippen LogP contribution < -0.4 is 5.32 Å². The Hall–Kier alpha value is -0.280. The quantitative estimate of drug-likeness (QED) is 0.833. The van der Waals surface area contributed by atoms with Crippen LogP contribution in [-0.4, -0.2) is 16.4 Å². The van der Waals surface area contributed by atoms with Gasteiger partial charge < -0.3 is 5.32 Å². The van der Waals surface area contributed by atoms with Gasteiger partial charge in [0, 0.05) is 16.5 Å². The van der Waals surface area contributed by atoms with Crippen LogP contribution in [0.3, 0.4) is 0 Å². The zero-order valence-electron chi connectivity index (χ0n) is 10.0. The number of halogens is 2. The molecule has 1 saturated carbocycles. The van der Waals surface area contributed by atoms with Crippen LogP contribution in [0.5, 0.6) is 0 Å². The summed E-state index contributed by atoms with van der Waals surface area (Å²) in [6.07, 6.45) is 6.65. The third-order valence-corrected chi connectivity index (χ3v) is 4.45. The summed E-state index contributed by atoms with van der Waals surface area (Å²) in [7, 11) is 0. The number of anilines is 1. The standard InChI is InChI=1S/C13H18BrClN2/c1-10-3-2-6-13(7-10,9-15)17-12-5-4-11(14)8-16-12/h4-5,8,10H,2-3,6-7,9H2,1H3,(H,16,17). The van der Waals surface area contributed by atoms with Gasteiger partial charge in [-0.1, -0.05) is 19.8 Å². The second kappa shape index (κ2) is 5.57. The largest absolute Gasteiger partial charge is 0.363 e. The number of hydrogen-bond acceptors (Lipinski definition) is 2.